The summed E-state index contributed by atoms with van der Waals surface area (Å²) in [5, 5.41) is 9.82. The Bertz CT molecular complexity index is 130. The van der Waals surface area contributed by atoms with Gasteiger partial charge in [0, 0.05) is 4.92 Å². The molecule has 0 aliphatic carbocycles. The molecule has 52 valence electrons. The predicted molar refractivity (Wildman–Crippen MR) is 31.7 cm³/mol. The maximum atomic E-state index is 10.1. The van der Waals surface area contributed by atoms with Gasteiger partial charge >= 0.3 is 0 Å². The average Bonchev–Trinajstić information content (AvgIpc) is 1.63. The largest absolute Gasteiger partial charge is 0.303 e. The Morgan fingerprint density at radius 1 is 1.67 bits per heavy atom. The van der Waals surface area contributed by atoms with Crippen LogP contribution in [-0.4, -0.2) is 17.8 Å². The second kappa shape index (κ2) is 2.57. The molecule has 0 aromatic rings. The molecule has 0 N–H and O–H groups in total. The smallest absolute Gasteiger partial charge is 0.215 e. The number of hydrogen-bond acceptors (Lipinski definition) is 3. The van der Waals surface area contributed by atoms with Crippen molar-refractivity contribution >= 4 is 6.29 Å². The zero-order valence-corrected chi connectivity index (χ0v) is 5.46. The first-order valence-electron chi connectivity index (χ1n) is 2.56. The summed E-state index contributed by atoms with van der Waals surface area (Å²) in [4.78, 5) is 19.4. The van der Waals surface area contributed by atoms with Crippen molar-refractivity contribution in [2.75, 3.05) is 6.54 Å². The molecule has 4 heteroatoms. The lowest BCUT2D eigenvalue weighted by Crippen LogP contribution is -2.24. The summed E-state index contributed by atoms with van der Waals surface area (Å²) in [6.45, 7) is 2.77. The van der Waals surface area contributed by atoms with Crippen molar-refractivity contribution in [1.29, 1.82) is 0 Å². The van der Waals surface area contributed by atoms with Crippen molar-refractivity contribution in [2.24, 2.45) is 5.41 Å². The van der Waals surface area contributed by atoms with E-state index in [1.165, 1.54) is 13.8 Å². The molecule has 0 radical (unpaired) electrons. The molecule has 4 nitrogen and oxygen atoms in total. The molecular formula is C5H9NO3. The Labute approximate surface area is 53.0 Å². The SMILES string of the molecule is CC(C)(C=O)C[N+](=O)[O-]. The topological polar surface area (TPSA) is 60.2 Å². The van der Waals surface area contributed by atoms with Gasteiger partial charge in [-0.3, -0.25) is 10.1 Å². The van der Waals surface area contributed by atoms with E-state index in [1.54, 1.807) is 0 Å². The van der Waals surface area contributed by atoms with E-state index in [0.29, 0.717) is 6.29 Å². The highest BCUT2D eigenvalue weighted by Crippen LogP contribution is 2.09. The first-order chi connectivity index (χ1) is 3.98. The van der Waals surface area contributed by atoms with Gasteiger partial charge in [-0.05, 0) is 13.8 Å². The zero-order valence-electron chi connectivity index (χ0n) is 5.46. The van der Waals surface area contributed by atoms with Gasteiger partial charge in [-0.2, -0.15) is 0 Å². The van der Waals surface area contributed by atoms with Crippen molar-refractivity contribution in [3.8, 4) is 0 Å². The van der Waals surface area contributed by atoms with Crippen LogP contribution in [0.5, 0.6) is 0 Å². The van der Waals surface area contributed by atoms with E-state index < -0.39 is 10.3 Å². The molecule has 0 heterocycles. The number of hydrogen-bond donors (Lipinski definition) is 0. The fourth-order valence-electron chi connectivity index (χ4n) is 0.370. The summed E-state index contributed by atoms with van der Waals surface area (Å²) in [5.41, 5.74) is -0.816. The number of aldehydes is 1. The standard InChI is InChI=1S/C5H9NO3/c1-5(2,4-7)3-6(8)9/h4H,3H2,1-2H3. The molecule has 0 saturated heterocycles. The van der Waals surface area contributed by atoms with E-state index in [-0.39, 0.29) is 6.54 Å². The lowest BCUT2D eigenvalue weighted by molar-refractivity contribution is -0.491. The van der Waals surface area contributed by atoms with Gasteiger partial charge in [0.2, 0.25) is 6.54 Å². The highest BCUT2D eigenvalue weighted by atomic mass is 16.6. The van der Waals surface area contributed by atoms with Gasteiger partial charge in [0.25, 0.3) is 0 Å². The molecule has 0 bridgehead atoms. The summed E-state index contributed by atoms with van der Waals surface area (Å²) in [6, 6.07) is 0. The minimum Gasteiger partial charge on any atom is -0.303 e. The van der Waals surface area contributed by atoms with Gasteiger partial charge in [0.1, 0.15) is 6.29 Å². The Morgan fingerprint density at radius 2 is 2.11 bits per heavy atom. The minimum absolute atomic E-state index is 0.295. The number of nitrogens with zero attached hydrogens (tertiary/aromatic N) is 1. The molecular weight excluding hydrogens is 122 g/mol. The van der Waals surface area contributed by atoms with Crippen LogP contribution < -0.4 is 0 Å². The minimum atomic E-state index is -0.816. The van der Waals surface area contributed by atoms with Gasteiger partial charge in [0.15, 0.2) is 0 Å². The summed E-state index contributed by atoms with van der Waals surface area (Å²) >= 11 is 0. The molecule has 0 unspecified atom stereocenters. The highest BCUT2D eigenvalue weighted by molar-refractivity contribution is 5.57. The van der Waals surface area contributed by atoms with Crippen molar-refractivity contribution < 1.29 is 9.72 Å². The molecule has 0 saturated carbocycles. The second-order valence-electron chi connectivity index (χ2n) is 2.60. The van der Waals surface area contributed by atoms with E-state index >= 15 is 0 Å². The normalized spacial score (nSPS) is 10.9. The Balaban J connectivity index is 3.86. The third kappa shape index (κ3) is 3.64. The number of rotatable bonds is 3. The predicted octanol–water partition coefficient (Wildman–Crippen LogP) is 0.488. The van der Waals surface area contributed by atoms with Crippen LogP contribution in [0.2, 0.25) is 0 Å². The van der Waals surface area contributed by atoms with Gasteiger partial charge in [-0.15, -0.1) is 0 Å². The Morgan fingerprint density at radius 3 is 2.22 bits per heavy atom. The summed E-state index contributed by atoms with van der Waals surface area (Å²) in [5.74, 6) is 0. The van der Waals surface area contributed by atoms with E-state index in [1.807, 2.05) is 0 Å². The van der Waals surface area contributed by atoms with Crippen LogP contribution in [0.3, 0.4) is 0 Å². The van der Waals surface area contributed by atoms with Crippen LogP contribution in [0.15, 0.2) is 0 Å². The molecule has 0 rings (SSSR count). The van der Waals surface area contributed by atoms with Gasteiger partial charge in [-0.25, -0.2) is 0 Å². The Hall–Kier alpha value is -0.930. The van der Waals surface area contributed by atoms with E-state index in [2.05, 4.69) is 0 Å². The third-order valence-electron chi connectivity index (χ3n) is 0.856. The van der Waals surface area contributed by atoms with Gasteiger partial charge < -0.3 is 4.79 Å². The van der Waals surface area contributed by atoms with E-state index in [9.17, 15) is 14.9 Å². The van der Waals surface area contributed by atoms with Gasteiger partial charge in [0.05, 0.1) is 5.41 Å². The van der Waals surface area contributed by atoms with Crippen LogP contribution in [-0.2, 0) is 4.79 Å². The van der Waals surface area contributed by atoms with Crippen LogP contribution in [0, 0.1) is 15.5 Å². The molecule has 0 aromatic heterocycles. The number of nitro groups is 1. The quantitative estimate of drug-likeness (QED) is 0.318. The van der Waals surface area contributed by atoms with E-state index in [0.717, 1.165) is 0 Å². The molecule has 0 amide bonds. The molecule has 9 heavy (non-hydrogen) atoms. The van der Waals surface area contributed by atoms with E-state index in [4.69, 9.17) is 0 Å². The van der Waals surface area contributed by atoms with Crippen molar-refractivity contribution in [3.63, 3.8) is 0 Å². The monoisotopic (exact) mass is 131 g/mol. The summed E-state index contributed by atoms with van der Waals surface area (Å²) in [6.07, 6.45) is 0.593. The van der Waals surface area contributed by atoms with Crippen molar-refractivity contribution in [3.05, 3.63) is 10.1 Å². The van der Waals surface area contributed by atoms with Crippen LogP contribution in [0.25, 0.3) is 0 Å². The first kappa shape index (κ1) is 8.07. The summed E-state index contributed by atoms with van der Waals surface area (Å²) < 4.78 is 0. The third-order valence-corrected chi connectivity index (χ3v) is 0.856. The maximum absolute atomic E-state index is 10.1. The zero-order chi connectivity index (χ0) is 7.49. The first-order valence-corrected chi connectivity index (χ1v) is 2.56. The molecule has 0 aromatic carbocycles. The fraction of sp³-hybridized carbons (Fsp3) is 0.800. The maximum Gasteiger partial charge on any atom is 0.215 e. The molecule has 0 spiro atoms. The molecule has 0 fully saturated rings. The van der Waals surface area contributed by atoms with Gasteiger partial charge in [-0.1, -0.05) is 0 Å². The van der Waals surface area contributed by atoms with Crippen LogP contribution >= 0.6 is 0 Å². The fourth-order valence-corrected chi connectivity index (χ4v) is 0.370. The number of carbonyl (C=O) groups is 1. The Kier molecular flexibility index (Phi) is 2.30. The lowest BCUT2D eigenvalue weighted by atomic mass is 9.97. The van der Waals surface area contributed by atoms with Crippen LogP contribution in [0.1, 0.15) is 13.8 Å². The lowest BCUT2D eigenvalue weighted by Gasteiger charge is -2.08. The van der Waals surface area contributed by atoms with Crippen LogP contribution in [0.4, 0.5) is 0 Å². The highest BCUT2D eigenvalue weighted by Gasteiger charge is 2.22. The number of carbonyl (C=O) groups excluding carboxylic acids is 1. The van der Waals surface area contributed by atoms with Crippen molar-refractivity contribution in [1.82, 2.24) is 0 Å². The average molecular weight is 131 g/mol. The van der Waals surface area contributed by atoms with Crippen molar-refractivity contribution in [2.45, 2.75) is 13.8 Å². The molecule has 0 aliphatic rings. The summed E-state index contributed by atoms with van der Waals surface area (Å²) in [7, 11) is 0. The second-order valence-corrected chi connectivity index (χ2v) is 2.60. The molecule has 0 atom stereocenters. The molecule has 0 aliphatic heterocycles.